The molecule has 1 aliphatic rings. The molecule has 1 saturated heterocycles. The van der Waals surface area contributed by atoms with E-state index in [2.05, 4.69) is 5.10 Å². The van der Waals surface area contributed by atoms with Crippen molar-refractivity contribution in [1.82, 2.24) is 14.7 Å². The fourth-order valence-corrected chi connectivity index (χ4v) is 1.85. The molecule has 1 amide bonds. The zero-order chi connectivity index (χ0) is 12.6. The highest BCUT2D eigenvalue weighted by atomic mass is 16.3. The predicted molar refractivity (Wildman–Crippen MR) is 60.2 cm³/mol. The van der Waals surface area contributed by atoms with E-state index in [4.69, 9.17) is 5.73 Å². The molecule has 7 heteroatoms. The molecule has 4 N–H and O–H groups in total. The molecule has 0 saturated carbocycles. The first-order chi connectivity index (χ1) is 8.02. The first kappa shape index (κ1) is 11.9. The van der Waals surface area contributed by atoms with Crippen molar-refractivity contribution >= 4 is 11.6 Å². The Morgan fingerprint density at radius 3 is 2.59 bits per heavy atom. The van der Waals surface area contributed by atoms with Crippen LogP contribution in [0.4, 0.5) is 5.69 Å². The van der Waals surface area contributed by atoms with E-state index in [9.17, 15) is 15.0 Å². The number of likely N-dealkylation sites (tertiary alicyclic amines) is 1. The van der Waals surface area contributed by atoms with Gasteiger partial charge in [-0.05, 0) is 6.92 Å². The Balaban J connectivity index is 2.17. The van der Waals surface area contributed by atoms with E-state index in [-0.39, 0.29) is 24.7 Å². The number of carbonyl (C=O) groups is 1. The average Bonchev–Trinajstić information content (AvgIpc) is 2.82. The van der Waals surface area contributed by atoms with Gasteiger partial charge in [0.15, 0.2) is 5.69 Å². The lowest BCUT2D eigenvalue weighted by atomic mass is 10.3. The van der Waals surface area contributed by atoms with Gasteiger partial charge in [-0.2, -0.15) is 5.10 Å². The molecule has 1 fully saturated rings. The smallest absolute Gasteiger partial charge is 0.276 e. The maximum Gasteiger partial charge on any atom is 0.276 e. The van der Waals surface area contributed by atoms with E-state index < -0.39 is 12.2 Å². The number of amides is 1. The van der Waals surface area contributed by atoms with Crippen LogP contribution in [-0.4, -0.2) is 56.1 Å². The third kappa shape index (κ3) is 2.11. The lowest BCUT2D eigenvalue weighted by Crippen LogP contribution is -2.30. The molecule has 0 aromatic carbocycles. The van der Waals surface area contributed by atoms with Crippen molar-refractivity contribution in [3.63, 3.8) is 0 Å². The number of anilines is 1. The van der Waals surface area contributed by atoms with Crippen molar-refractivity contribution < 1.29 is 15.0 Å². The number of aryl methyl sites for hydroxylation is 1. The first-order valence-corrected chi connectivity index (χ1v) is 5.51. The molecule has 7 nitrogen and oxygen atoms in total. The fourth-order valence-electron chi connectivity index (χ4n) is 1.85. The van der Waals surface area contributed by atoms with Crippen LogP contribution in [0, 0.1) is 0 Å². The molecule has 2 unspecified atom stereocenters. The number of nitrogen functional groups attached to an aromatic ring is 1. The molecule has 1 aliphatic heterocycles. The Bertz CT molecular complexity index is 421. The number of hydrogen-bond acceptors (Lipinski definition) is 5. The lowest BCUT2D eigenvalue weighted by Gasteiger charge is -2.13. The lowest BCUT2D eigenvalue weighted by molar-refractivity contribution is 0.0572. The number of rotatable bonds is 2. The third-order valence-electron chi connectivity index (χ3n) is 2.86. The van der Waals surface area contributed by atoms with Crippen LogP contribution in [0.15, 0.2) is 6.20 Å². The number of carbonyl (C=O) groups excluding carboxylic acids is 1. The highest BCUT2D eigenvalue weighted by Crippen LogP contribution is 2.17. The SMILES string of the molecule is CCn1cc(N)c(C(=O)N2CC(O)C(O)C2)n1. The molecular formula is C10H16N4O3. The average molecular weight is 240 g/mol. The Hall–Kier alpha value is -1.60. The van der Waals surface area contributed by atoms with Gasteiger partial charge in [0.05, 0.1) is 17.9 Å². The number of nitrogens with zero attached hydrogens (tertiary/aromatic N) is 3. The summed E-state index contributed by atoms with van der Waals surface area (Å²) in [5.74, 6) is -0.356. The van der Waals surface area contributed by atoms with Gasteiger partial charge < -0.3 is 20.8 Å². The second-order valence-electron chi connectivity index (χ2n) is 4.13. The molecule has 0 radical (unpaired) electrons. The molecule has 1 aromatic heterocycles. The van der Waals surface area contributed by atoms with E-state index in [0.717, 1.165) is 0 Å². The number of β-amino-alcohol motifs (C(OH)–C–C–N with tert-alkyl or cyclic N) is 2. The molecule has 0 aliphatic carbocycles. The van der Waals surface area contributed by atoms with Crippen LogP contribution in [0.1, 0.15) is 17.4 Å². The number of nitrogens with two attached hydrogens (primary N) is 1. The summed E-state index contributed by atoms with van der Waals surface area (Å²) in [5, 5.41) is 22.8. The summed E-state index contributed by atoms with van der Waals surface area (Å²) in [7, 11) is 0. The van der Waals surface area contributed by atoms with E-state index in [1.807, 2.05) is 6.92 Å². The predicted octanol–water partition coefficient (Wildman–Crippen LogP) is -1.34. The third-order valence-corrected chi connectivity index (χ3v) is 2.86. The van der Waals surface area contributed by atoms with Crippen LogP contribution in [-0.2, 0) is 6.54 Å². The standard InChI is InChI=1S/C10H16N4O3/c1-2-14-3-6(11)9(12-14)10(17)13-4-7(15)8(16)5-13/h3,7-8,15-16H,2,4-5,11H2,1H3. The zero-order valence-corrected chi connectivity index (χ0v) is 9.58. The minimum atomic E-state index is -0.895. The second kappa shape index (κ2) is 4.34. The summed E-state index contributed by atoms with van der Waals surface area (Å²) in [4.78, 5) is 13.4. The summed E-state index contributed by atoms with van der Waals surface area (Å²) in [6.45, 7) is 2.74. The molecule has 17 heavy (non-hydrogen) atoms. The van der Waals surface area contributed by atoms with Crippen LogP contribution in [0.2, 0.25) is 0 Å². The Morgan fingerprint density at radius 2 is 2.12 bits per heavy atom. The maximum absolute atomic E-state index is 12.0. The summed E-state index contributed by atoms with van der Waals surface area (Å²) >= 11 is 0. The molecule has 0 spiro atoms. The fraction of sp³-hybridized carbons (Fsp3) is 0.600. The van der Waals surface area contributed by atoms with E-state index in [1.54, 1.807) is 10.9 Å². The quantitative estimate of drug-likeness (QED) is 0.593. The van der Waals surface area contributed by atoms with Gasteiger partial charge in [0.1, 0.15) is 0 Å². The van der Waals surface area contributed by atoms with Gasteiger partial charge in [-0.3, -0.25) is 9.48 Å². The summed E-state index contributed by atoms with van der Waals surface area (Å²) in [6, 6.07) is 0. The number of aromatic nitrogens is 2. The molecule has 94 valence electrons. The van der Waals surface area contributed by atoms with Gasteiger partial charge in [0.2, 0.25) is 0 Å². The molecule has 1 aromatic rings. The first-order valence-electron chi connectivity index (χ1n) is 5.51. The Labute approximate surface area is 98.4 Å². The highest BCUT2D eigenvalue weighted by Gasteiger charge is 2.34. The normalized spacial score (nSPS) is 24.3. The van der Waals surface area contributed by atoms with Crippen molar-refractivity contribution in [2.24, 2.45) is 0 Å². The van der Waals surface area contributed by atoms with Crippen LogP contribution < -0.4 is 5.73 Å². The summed E-state index contributed by atoms with van der Waals surface area (Å²) in [5.41, 5.74) is 6.19. The van der Waals surface area contributed by atoms with Gasteiger partial charge in [-0.1, -0.05) is 0 Å². The minimum absolute atomic E-state index is 0.110. The van der Waals surface area contributed by atoms with Crippen molar-refractivity contribution in [3.8, 4) is 0 Å². The van der Waals surface area contributed by atoms with Crippen molar-refractivity contribution in [1.29, 1.82) is 0 Å². The van der Waals surface area contributed by atoms with Crippen LogP contribution >= 0.6 is 0 Å². The summed E-state index contributed by atoms with van der Waals surface area (Å²) < 4.78 is 1.57. The maximum atomic E-state index is 12.0. The molecule has 2 heterocycles. The van der Waals surface area contributed by atoms with Gasteiger partial charge in [0.25, 0.3) is 5.91 Å². The largest absolute Gasteiger partial charge is 0.396 e. The molecule has 2 atom stereocenters. The number of hydrogen-bond donors (Lipinski definition) is 3. The van der Waals surface area contributed by atoms with Crippen LogP contribution in [0.25, 0.3) is 0 Å². The molecule has 0 bridgehead atoms. The second-order valence-corrected chi connectivity index (χ2v) is 4.13. The minimum Gasteiger partial charge on any atom is -0.396 e. The Kier molecular flexibility index (Phi) is 3.03. The highest BCUT2D eigenvalue weighted by molar-refractivity contribution is 5.97. The summed E-state index contributed by atoms with van der Waals surface area (Å²) in [6.07, 6.45) is -0.197. The van der Waals surface area contributed by atoms with E-state index in [0.29, 0.717) is 12.2 Å². The number of aliphatic hydroxyl groups is 2. The van der Waals surface area contributed by atoms with Gasteiger partial charge in [-0.25, -0.2) is 0 Å². The monoisotopic (exact) mass is 240 g/mol. The molecule has 2 rings (SSSR count). The van der Waals surface area contributed by atoms with Crippen LogP contribution in [0.5, 0.6) is 0 Å². The Morgan fingerprint density at radius 1 is 1.53 bits per heavy atom. The van der Waals surface area contributed by atoms with E-state index in [1.165, 1.54) is 4.90 Å². The zero-order valence-electron chi connectivity index (χ0n) is 9.58. The van der Waals surface area contributed by atoms with Gasteiger partial charge >= 0.3 is 0 Å². The number of aliphatic hydroxyl groups excluding tert-OH is 2. The van der Waals surface area contributed by atoms with Gasteiger partial charge in [0, 0.05) is 25.8 Å². The van der Waals surface area contributed by atoms with Crippen molar-refractivity contribution in [2.45, 2.75) is 25.7 Å². The van der Waals surface area contributed by atoms with Gasteiger partial charge in [-0.15, -0.1) is 0 Å². The van der Waals surface area contributed by atoms with Crippen molar-refractivity contribution in [2.75, 3.05) is 18.8 Å². The van der Waals surface area contributed by atoms with Crippen LogP contribution in [0.3, 0.4) is 0 Å². The van der Waals surface area contributed by atoms with Crippen molar-refractivity contribution in [3.05, 3.63) is 11.9 Å². The van der Waals surface area contributed by atoms with E-state index >= 15 is 0 Å². The molecular weight excluding hydrogens is 224 g/mol. The topological polar surface area (TPSA) is 105 Å².